The molecule has 0 saturated heterocycles. The molecule has 0 aliphatic heterocycles. The minimum atomic E-state index is 0. The largest absolute Gasteiger partial charge is 0.507 e. The van der Waals surface area contributed by atoms with Gasteiger partial charge in [0.2, 0.25) is 0 Å². The van der Waals surface area contributed by atoms with Crippen LogP contribution in [0.25, 0.3) is 84.1 Å². The van der Waals surface area contributed by atoms with E-state index in [4.69, 9.17) is 9.97 Å². The van der Waals surface area contributed by atoms with Crippen molar-refractivity contribution >= 4 is 5.65 Å². The molecule has 1 N–H and O–H groups in total. The van der Waals surface area contributed by atoms with Crippen LogP contribution in [0.2, 0.25) is 0 Å². The second-order valence-corrected chi connectivity index (χ2v) is 13.6. The van der Waals surface area contributed by atoms with Crippen LogP contribution < -0.4 is 0 Å². The van der Waals surface area contributed by atoms with Crippen molar-refractivity contribution in [2.75, 3.05) is 0 Å². The molecule has 3 heterocycles. The molecule has 0 amide bonds. The maximum Gasteiger partial charge on any atom is 0.129 e. The fraction of sp³-hybridized carbons (Fsp3) is 0.0400. The molecule has 0 aliphatic carbocycles. The molecule has 0 aliphatic rings. The summed E-state index contributed by atoms with van der Waals surface area (Å²) < 4.78 is 2.19. The Balaban J connectivity index is 0.00000427. The van der Waals surface area contributed by atoms with Crippen molar-refractivity contribution in [3.8, 4) is 84.2 Å². The molecule has 0 bridgehead atoms. The number of imidazole rings is 1. The number of aryl methyl sites for hydroxylation is 2. The molecule has 6 aromatic carbocycles. The van der Waals surface area contributed by atoms with Crippen LogP contribution in [-0.4, -0.2) is 19.5 Å². The maximum atomic E-state index is 10.9. The summed E-state index contributed by atoms with van der Waals surface area (Å²) in [6, 6.07) is 61.7. The zero-order valence-electron chi connectivity index (χ0n) is 30.3. The number of aromatic hydroxyl groups is 1. The van der Waals surface area contributed by atoms with Crippen LogP contribution in [0.15, 0.2) is 176 Å². The van der Waals surface area contributed by atoms with Gasteiger partial charge in [0, 0.05) is 55.5 Å². The molecule has 9 aromatic rings. The molecule has 0 spiro atoms. The third-order valence-electron chi connectivity index (χ3n) is 10.1. The van der Waals surface area contributed by atoms with E-state index in [0.29, 0.717) is 11.3 Å². The summed E-state index contributed by atoms with van der Waals surface area (Å²) in [7, 11) is 0. The summed E-state index contributed by atoms with van der Waals surface area (Å²) in [6.07, 6.45) is 2.09. The summed E-state index contributed by atoms with van der Waals surface area (Å²) in [5.41, 5.74) is 16.6. The summed E-state index contributed by atoms with van der Waals surface area (Å²) in [5, 5.41) is 10.9. The predicted octanol–water partition coefficient (Wildman–Crippen LogP) is 12.5. The van der Waals surface area contributed by atoms with Crippen molar-refractivity contribution < 1.29 is 26.2 Å². The fourth-order valence-electron chi connectivity index (χ4n) is 7.61. The van der Waals surface area contributed by atoms with E-state index in [-0.39, 0.29) is 26.8 Å². The minimum Gasteiger partial charge on any atom is -0.507 e. The third-order valence-corrected chi connectivity index (χ3v) is 10.1. The molecule has 0 radical (unpaired) electrons. The van der Waals surface area contributed by atoms with Gasteiger partial charge in [0.25, 0.3) is 0 Å². The monoisotopic (exact) mass is 889 g/mol. The zero-order valence-corrected chi connectivity index (χ0v) is 32.6. The van der Waals surface area contributed by atoms with Gasteiger partial charge < -0.3 is 9.51 Å². The zero-order chi connectivity index (χ0) is 36.6. The number of fused-ring (bicyclic) bond motifs is 1. The Bertz CT molecular complexity index is 2730. The molecule has 0 saturated carbocycles. The number of nitrogens with zero attached hydrogens (tertiary/aromatic N) is 3. The van der Waals surface area contributed by atoms with Crippen molar-refractivity contribution in [3.63, 3.8) is 0 Å². The van der Waals surface area contributed by atoms with Crippen LogP contribution in [0, 0.1) is 19.9 Å². The van der Waals surface area contributed by atoms with Gasteiger partial charge in [0.05, 0.1) is 5.69 Å². The standard InChI is InChI=1S/C50H36N3O.Pt/c1-33-16-13-17-34(2)47(33)39-31-43(51-44(32-39)42-24-9-10-27-45(42)54)37-22-14-23-38(30-37)49-50(53-29-12-11-28-46(53)52-49)48-40(35-18-5-3-6-19-35)25-15-26-41(48)36-20-7-4-8-21-36;/h3-29,31-32,54H,1-2H3;/q-1;. The number of hydrogen-bond donors (Lipinski definition) is 1. The molecule has 55 heavy (non-hydrogen) atoms. The molecule has 9 rings (SSSR count). The SMILES string of the molecule is Cc1cccc(C)c1-c1cc(-c2[c-]c(-c3nc4ccccn4c3-c3c(-c4ccccc4)cccc3-c3ccccc3)ccc2)nc(-c2ccccc2O)c1.[Pt]. The average molecular weight is 890 g/mol. The summed E-state index contributed by atoms with van der Waals surface area (Å²) >= 11 is 0. The first-order valence-corrected chi connectivity index (χ1v) is 18.1. The van der Waals surface area contributed by atoms with Crippen LogP contribution in [-0.2, 0) is 21.1 Å². The first-order valence-electron chi connectivity index (χ1n) is 18.1. The molecule has 0 atom stereocenters. The molecular formula is C50H36N3OPt-. The number of hydrogen-bond acceptors (Lipinski definition) is 3. The number of benzene rings is 6. The number of phenols is 1. The number of phenolic OH excluding ortho intramolecular Hbond substituents is 1. The van der Waals surface area contributed by atoms with Crippen molar-refractivity contribution in [1.29, 1.82) is 0 Å². The van der Waals surface area contributed by atoms with Crippen LogP contribution in [0.1, 0.15) is 11.1 Å². The Hall–Kier alpha value is -6.35. The van der Waals surface area contributed by atoms with Crippen LogP contribution >= 0.6 is 0 Å². The van der Waals surface area contributed by atoms with E-state index in [1.807, 2.05) is 24.3 Å². The van der Waals surface area contributed by atoms with E-state index in [2.05, 4.69) is 170 Å². The van der Waals surface area contributed by atoms with E-state index < -0.39 is 0 Å². The quantitative estimate of drug-likeness (QED) is 0.162. The van der Waals surface area contributed by atoms with Crippen molar-refractivity contribution in [3.05, 3.63) is 193 Å². The molecular weight excluding hydrogens is 854 g/mol. The second kappa shape index (κ2) is 15.2. The van der Waals surface area contributed by atoms with Gasteiger partial charge in [-0.2, -0.15) is 0 Å². The Morgan fingerprint density at radius 1 is 0.491 bits per heavy atom. The molecule has 0 fully saturated rings. The Morgan fingerprint density at radius 3 is 1.75 bits per heavy atom. The van der Waals surface area contributed by atoms with Gasteiger partial charge in [-0.3, -0.25) is 9.97 Å². The smallest absolute Gasteiger partial charge is 0.129 e. The Morgan fingerprint density at radius 2 is 1.05 bits per heavy atom. The molecule has 5 heteroatoms. The van der Waals surface area contributed by atoms with E-state index in [1.54, 1.807) is 6.07 Å². The molecule has 4 nitrogen and oxygen atoms in total. The van der Waals surface area contributed by atoms with Crippen LogP contribution in [0.5, 0.6) is 5.75 Å². The normalized spacial score (nSPS) is 11.0. The summed E-state index contributed by atoms with van der Waals surface area (Å²) in [6.45, 7) is 4.27. The van der Waals surface area contributed by atoms with Crippen molar-refractivity contribution in [2.45, 2.75) is 13.8 Å². The number of rotatable bonds is 7. The minimum absolute atomic E-state index is 0. The Labute approximate surface area is 335 Å². The summed E-state index contributed by atoms with van der Waals surface area (Å²) in [4.78, 5) is 10.5. The van der Waals surface area contributed by atoms with E-state index in [1.165, 1.54) is 11.1 Å². The van der Waals surface area contributed by atoms with Crippen molar-refractivity contribution in [1.82, 2.24) is 14.4 Å². The van der Waals surface area contributed by atoms with Gasteiger partial charge in [-0.15, -0.1) is 24.3 Å². The number of para-hydroxylation sites is 1. The van der Waals surface area contributed by atoms with E-state index in [0.717, 1.165) is 72.8 Å². The van der Waals surface area contributed by atoms with Gasteiger partial charge in [0.1, 0.15) is 11.4 Å². The van der Waals surface area contributed by atoms with Gasteiger partial charge in [0.15, 0.2) is 0 Å². The topological polar surface area (TPSA) is 50.4 Å². The van der Waals surface area contributed by atoms with Gasteiger partial charge >= 0.3 is 0 Å². The second-order valence-electron chi connectivity index (χ2n) is 13.6. The first-order chi connectivity index (χ1) is 26.5. The van der Waals surface area contributed by atoms with Crippen molar-refractivity contribution in [2.24, 2.45) is 0 Å². The maximum absolute atomic E-state index is 10.9. The average Bonchev–Trinajstić information content (AvgIpc) is 3.61. The Kier molecular flexibility index (Phi) is 9.84. The third kappa shape index (κ3) is 6.71. The summed E-state index contributed by atoms with van der Waals surface area (Å²) in [5.74, 6) is 0.188. The molecule has 3 aromatic heterocycles. The van der Waals surface area contributed by atoms with Gasteiger partial charge in [-0.05, 0) is 88.7 Å². The van der Waals surface area contributed by atoms with Gasteiger partial charge in [-0.25, -0.2) is 0 Å². The molecule has 0 unspecified atom stereocenters. The van der Waals surface area contributed by atoms with E-state index in [9.17, 15) is 5.11 Å². The predicted molar refractivity (Wildman–Crippen MR) is 221 cm³/mol. The number of pyridine rings is 2. The molecule has 268 valence electrons. The van der Waals surface area contributed by atoms with Crippen LogP contribution in [0.4, 0.5) is 0 Å². The van der Waals surface area contributed by atoms with E-state index >= 15 is 0 Å². The number of aromatic nitrogens is 3. The van der Waals surface area contributed by atoms with Crippen LogP contribution in [0.3, 0.4) is 0 Å². The van der Waals surface area contributed by atoms with Gasteiger partial charge in [-0.1, -0.05) is 132 Å². The fourth-order valence-corrected chi connectivity index (χ4v) is 7.61. The first kappa shape index (κ1) is 35.7.